The fourth-order valence-corrected chi connectivity index (χ4v) is 4.63. The average Bonchev–Trinajstić information content (AvgIpc) is 3.28. The standard InChI is InChI=1S/C24H29ClO6/c25-19-10-7-15(11-14-5-8-17(9-6-14)30-16-3-1-2-4-16)12-18(19)24-23(29)22(28)21(27)20(13-26)31-24/h5-10,12,16,20-24,26-29H,1-4,11,13H2/t20-,21-,22+,23-,24+/m1/s1. The lowest BCUT2D eigenvalue weighted by Crippen LogP contribution is -2.55. The number of halogens is 1. The molecule has 1 heterocycles. The molecule has 168 valence electrons. The molecule has 31 heavy (non-hydrogen) atoms. The van der Waals surface area contributed by atoms with Gasteiger partial charge >= 0.3 is 0 Å². The zero-order valence-electron chi connectivity index (χ0n) is 17.2. The van der Waals surface area contributed by atoms with Crippen LogP contribution in [0.2, 0.25) is 5.02 Å². The summed E-state index contributed by atoms with van der Waals surface area (Å²) in [5, 5.41) is 40.4. The van der Waals surface area contributed by atoms with Gasteiger partial charge in [-0.1, -0.05) is 35.9 Å². The minimum absolute atomic E-state index is 0.322. The van der Waals surface area contributed by atoms with E-state index < -0.39 is 37.1 Å². The summed E-state index contributed by atoms with van der Waals surface area (Å²) in [6, 6.07) is 13.5. The first kappa shape index (κ1) is 22.5. The first-order chi connectivity index (χ1) is 15.0. The molecular weight excluding hydrogens is 420 g/mol. The maximum Gasteiger partial charge on any atom is 0.119 e. The zero-order valence-corrected chi connectivity index (χ0v) is 18.0. The van der Waals surface area contributed by atoms with Gasteiger partial charge in [-0.15, -0.1) is 0 Å². The minimum Gasteiger partial charge on any atom is -0.490 e. The Morgan fingerprint density at radius 1 is 0.903 bits per heavy atom. The summed E-state index contributed by atoms with van der Waals surface area (Å²) in [5.41, 5.74) is 2.57. The largest absolute Gasteiger partial charge is 0.490 e. The third kappa shape index (κ3) is 5.06. The number of aliphatic hydroxyl groups excluding tert-OH is 4. The van der Waals surface area contributed by atoms with E-state index in [1.807, 2.05) is 36.4 Å². The predicted octanol–water partition coefficient (Wildman–Crippen LogP) is 2.77. The van der Waals surface area contributed by atoms with Crippen molar-refractivity contribution in [2.75, 3.05) is 6.61 Å². The quantitative estimate of drug-likeness (QED) is 0.542. The molecule has 2 aliphatic rings. The van der Waals surface area contributed by atoms with Crippen LogP contribution in [0.4, 0.5) is 0 Å². The van der Waals surface area contributed by atoms with Crippen LogP contribution in [0.3, 0.4) is 0 Å². The molecule has 1 saturated heterocycles. The van der Waals surface area contributed by atoms with Gasteiger partial charge in [0.25, 0.3) is 0 Å². The van der Waals surface area contributed by atoms with E-state index in [4.69, 9.17) is 21.1 Å². The highest BCUT2D eigenvalue weighted by Crippen LogP contribution is 2.36. The van der Waals surface area contributed by atoms with Crippen molar-refractivity contribution in [3.63, 3.8) is 0 Å². The molecule has 0 radical (unpaired) electrons. The van der Waals surface area contributed by atoms with Crippen molar-refractivity contribution < 1.29 is 29.9 Å². The smallest absolute Gasteiger partial charge is 0.119 e. The van der Waals surface area contributed by atoms with Crippen molar-refractivity contribution in [2.45, 2.75) is 68.7 Å². The highest BCUT2D eigenvalue weighted by atomic mass is 35.5. The van der Waals surface area contributed by atoms with Crippen molar-refractivity contribution >= 4 is 11.6 Å². The summed E-state index contributed by atoms with van der Waals surface area (Å²) in [6.45, 7) is -0.478. The third-order valence-corrected chi connectivity index (χ3v) is 6.54. The molecule has 1 saturated carbocycles. The Balaban J connectivity index is 1.48. The van der Waals surface area contributed by atoms with E-state index in [-0.39, 0.29) is 0 Å². The zero-order chi connectivity index (χ0) is 22.0. The minimum atomic E-state index is -1.44. The van der Waals surface area contributed by atoms with Gasteiger partial charge < -0.3 is 29.9 Å². The van der Waals surface area contributed by atoms with Crippen molar-refractivity contribution in [1.29, 1.82) is 0 Å². The summed E-state index contributed by atoms with van der Waals surface area (Å²) < 4.78 is 11.7. The predicted molar refractivity (Wildman–Crippen MR) is 116 cm³/mol. The summed E-state index contributed by atoms with van der Waals surface area (Å²) in [7, 11) is 0. The topological polar surface area (TPSA) is 99.4 Å². The third-order valence-electron chi connectivity index (χ3n) is 6.20. The lowest BCUT2D eigenvalue weighted by Gasteiger charge is -2.40. The Hall–Kier alpha value is -1.67. The maximum atomic E-state index is 10.4. The van der Waals surface area contributed by atoms with Crippen molar-refractivity contribution in [3.05, 3.63) is 64.2 Å². The van der Waals surface area contributed by atoms with E-state index in [2.05, 4.69) is 0 Å². The lowest BCUT2D eigenvalue weighted by molar-refractivity contribution is -0.231. The summed E-state index contributed by atoms with van der Waals surface area (Å²) in [6.07, 6.45) is -0.467. The normalized spacial score (nSPS) is 29.3. The van der Waals surface area contributed by atoms with Crippen LogP contribution in [0.15, 0.2) is 42.5 Å². The second-order valence-corrected chi connectivity index (χ2v) is 8.86. The second-order valence-electron chi connectivity index (χ2n) is 8.45. The molecule has 1 aliphatic carbocycles. The highest BCUT2D eigenvalue weighted by molar-refractivity contribution is 6.31. The van der Waals surface area contributed by atoms with Crippen molar-refractivity contribution in [1.82, 2.24) is 0 Å². The monoisotopic (exact) mass is 448 g/mol. The van der Waals surface area contributed by atoms with E-state index in [1.54, 1.807) is 6.07 Å². The Morgan fingerprint density at radius 3 is 2.26 bits per heavy atom. The summed E-state index contributed by atoms with van der Waals surface area (Å²) in [4.78, 5) is 0. The van der Waals surface area contributed by atoms with Gasteiger partial charge in [-0.2, -0.15) is 0 Å². The Kier molecular flexibility index (Phi) is 7.16. The molecular formula is C24H29ClO6. The van der Waals surface area contributed by atoms with Crippen LogP contribution in [0, 0.1) is 0 Å². The van der Waals surface area contributed by atoms with Gasteiger partial charge in [-0.05, 0) is 61.4 Å². The molecule has 1 aliphatic heterocycles. The molecule has 0 spiro atoms. The van der Waals surface area contributed by atoms with Gasteiger partial charge in [0, 0.05) is 10.6 Å². The number of aliphatic hydroxyl groups is 4. The number of hydrogen-bond acceptors (Lipinski definition) is 6. The van der Waals surface area contributed by atoms with Crippen LogP contribution < -0.4 is 4.74 Å². The number of benzene rings is 2. The summed E-state index contributed by atoms with van der Waals surface area (Å²) in [5.74, 6) is 0.883. The number of hydrogen-bond donors (Lipinski definition) is 4. The summed E-state index contributed by atoms with van der Waals surface area (Å²) >= 11 is 6.36. The molecule has 5 atom stereocenters. The average molecular weight is 449 g/mol. The van der Waals surface area contributed by atoms with Crippen LogP contribution >= 0.6 is 11.6 Å². The Bertz CT molecular complexity index is 865. The molecule has 7 heteroatoms. The number of rotatable bonds is 6. The SMILES string of the molecule is OC[C@H]1O[C@@H](c2cc(Cc3ccc(OC4CCCC4)cc3)ccc2Cl)[C@H](O)[C@@H](O)[C@@H]1O. The van der Waals surface area contributed by atoms with Gasteiger partial charge in [-0.3, -0.25) is 0 Å². The molecule has 0 unspecified atom stereocenters. The maximum absolute atomic E-state index is 10.4. The molecule has 4 N–H and O–H groups in total. The van der Waals surface area contributed by atoms with Crippen LogP contribution in [0.5, 0.6) is 5.75 Å². The van der Waals surface area contributed by atoms with E-state index >= 15 is 0 Å². The molecule has 2 aromatic carbocycles. The van der Waals surface area contributed by atoms with Gasteiger partial charge in [0.15, 0.2) is 0 Å². The van der Waals surface area contributed by atoms with E-state index in [9.17, 15) is 20.4 Å². The van der Waals surface area contributed by atoms with Crippen molar-refractivity contribution in [3.8, 4) is 5.75 Å². The Morgan fingerprint density at radius 2 is 1.58 bits per heavy atom. The van der Waals surface area contributed by atoms with Crippen molar-refractivity contribution in [2.24, 2.45) is 0 Å². The van der Waals surface area contributed by atoms with Gasteiger partial charge in [0.1, 0.15) is 36.3 Å². The Labute approximate surface area is 187 Å². The van der Waals surface area contributed by atoms with Gasteiger partial charge in [-0.25, -0.2) is 0 Å². The molecule has 0 bridgehead atoms. The molecule has 0 amide bonds. The van der Waals surface area contributed by atoms with Crippen LogP contribution in [-0.4, -0.2) is 57.6 Å². The first-order valence-corrected chi connectivity index (χ1v) is 11.2. The first-order valence-electron chi connectivity index (χ1n) is 10.8. The van der Waals surface area contributed by atoms with Crippen LogP contribution in [0.1, 0.15) is 48.5 Å². The van der Waals surface area contributed by atoms with E-state index in [1.165, 1.54) is 12.8 Å². The van der Waals surface area contributed by atoms with E-state index in [0.717, 1.165) is 29.7 Å². The fraction of sp³-hybridized carbons (Fsp3) is 0.500. The van der Waals surface area contributed by atoms with Crippen LogP contribution in [-0.2, 0) is 11.2 Å². The molecule has 2 aromatic rings. The van der Waals surface area contributed by atoms with Gasteiger partial charge in [0.05, 0.1) is 12.7 Å². The van der Waals surface area contributed by atoms with Crippen LogP contribution in [0.25, 0.3) is 0 Å². The van der Waals surface area contributed by atoms with Gasteiger partial charge in [0.2, 0.25) is 0 Å². The molecule has 0 aromatic heterocycles. The van der Waals surface area contributed by atoms with E-state index in [0.29, 0.717) is 23.1 Å². The highest BCUT2D eigenvalue weighted by Gasteiger charge is 2.44. The molecule has 4 rings (SSSR count). The second kappa shape index (κ2) is 9.86. The fourth-order valence-electron chi connectivity index (χ4n) is 4.40. The number of ether oxygens (including phenoxy) is 2. The molecule has 2 fully saturated rings. The lowest BCUT2D eigenvalue weighted by atomic mass is 9.90. The molecule has 6 nitrogen and oxygen atoms in total.